The molecule has 168 valence electrons. The van der Waals surface area contributed by atoms with Crippen molar-refractivity contribution in [3.63, 3.8) is 0 Å². The lowest BCUT2D eigenvalue weighted by molar-refractivity contribution is -0.118. The SMILES string of the molecule is COC1(C)NC=C(C(=O)NC2CCCCC2)C(N2CC[C@](C)(N)C2)=C1c1ccncc1. The van der Waals surface area contributed by atoms with Crippen LogP contribution in [-0.4, -0.2) is 53.3 Å². The van der Waals surface area contributed by atoms with Gasteiger partial charge >= 0.3 is 0 Å². The summed E-state index contributed by atoms with van der Waals surface area (Å²) in [7, 11) is 1.68. The largest absolute Gasteiger partial charge is 0.369 e. The first-order valence-corrected chi connectivity index (χ1v) is 11.4. The van der Waals surface area contributed by atoms with Crippen LogP contribution in [0, 0.1) is 0 Å². The van der Waals surface area contributed by atoms with E-state index >= 15 is 0 Å². The first kappa shape index (κ1) is 21.8. The monoisotopic (exact) mass is 425 g/mol. The van der Waals surface area contributed by atoms with Crippen LogP contribution in [0.25, 0.3) is 5.57 Å². The number of nitrogens with two attached hydrogens (primary N) is 1. The standard InChI is InChI=1S/C24H35N5O2/c1-23(25)11-14-29(16-23)21-19(22(30)28-18-7-5-4-6-8-18)15-27-24(2,31-3)20(21)17-9-12-26-13-10-17/h9-10,12-13,15,18,27H,4-8,11,14,16,25H2,1-3H3,(H,28,30)/t23-,24?/m0/s1. The van der Waals surface area contributed by atoms with E-state index in [9.17, 15) is 4.79 Å². The maximum absolute atomic E-state index is 13.5. The number of methoxy groups -OCH3 is 1. The maximum atomic E-state index is 13.5. The summed E-state index contributed by atoms with van der Waals surface area (Å²) in [5.41, 5.74) is 8.87. The van der Waals surface area contributed by atoms with Gasteiger partial charge in [-0.05, 0) is 50.8 Å². The predicted molar refractivity (Wildman–Crippen MR) is 122 cm³/mol. The summed E-state index contributed by atoms with van der Waals surface area (Å²) in [5, 5.41) is 6.64. The van der Waals surface area contributed by atoms with E-state index in [0.717, 1.165) is 42.6 Å². The average molecular weight is 426 g/mol. The number of carbonyl (C=O) groups excluding carboxylic acids is 1. The fraction of sp³-hybridized carbons (Fsp3) is 0.583. The van der Waals surface area contributed by atoms with Crippen molar-refractivity contribution >= 4 is 11.5 Å². The summed E-state index contributed by atoms with van der Waals surface area (Å²) in [6.07, 6.45) is 11.9. The van der Waals surface area contributed by atoms with Crippen molar-refractivity contribution in [2.24, 2.45) is 5.73 Å². The van der Waals surface area contributed by atoms with Crippen LogP contribution in [0.2, 0.25) is 0 Å². The number of aromatic nitrogens is 1. The van der Waals surface area contributed by atoms with E-state index in [2.05, 4.69) is 27.4 Å². The molecule has 1 aliphatic carbocycles. The van der Waals surface area contributed by atoms with E-state index in [0.29, 0.717) is 12.1 Å². The number of likely N-dealkylation sites (tertiary alicyclic amines) is 1. The van der Waals surface area contributed by atoms with Gasteiger partial charge in [0.25, 0.3) is 5.91 Å². The number of dihydropyridines is 1. The van der Waals surface area contributed by atoms with Gasteiger partial charge in [0, 0.05) is 55.9 Å². The third kappa shape index (κ3) is 4.48. The predicted octanol–water partition coefficient (Wildman–Crippen LogP) is 2.51. The molecule has 2 aliphatic heterocycles. The van der Waals surface area contributed by atoms with Gasteiger partial charge in [0.1, 0.15) is 0 Å². The van der Waals surface area contributed by atoms with Crippen LogP contribution in [0.1, 0.15) is 57.9 Å². The van der Waals surface area contributed by atoms with Crippen molar-refractivity contribution < 1.29 is 9.53 Å². The van der Waals surface area contributed by atoms with Gasteiger partial charge in [0.05, 0.1) is 11.3 Å². The van der Waals surface area contributed by atoms with Crippen LogP contribution in [0.5, 0.6) is 0 Å². The van der Waals surface area contributed by atoms with Crippen molar-refractivity contribution in [3.05, 3.63) is 47.6 Å². The van der Waals surface area contributed by atoms with Crippen molar-refractivity contribution in [1.82, 2.24) is 20.5 Å². The highest BCUT2D eigenvalue weighted by atomic mass is 16.5. The molecular weight excluding hydrogens is 390 g/mol. The summed E-state index contributed by atoms with van der Waals surface area (Å²) >= 11 is 0. The molecular formula is C24H35N5O2. The number of nitrogens with zero attached hydrogens (tertiary/aromatic N) is 2. The van der Waals surface area contributed by atoms with Gasteiger partial charge < -0.3 is 26.0 Å². The molecule has 2 atom stereocenters. The molecule has 0 aromatic carbocycles. The van der Waals surface area contributed by atoms with E-state index in [4.69, 9.17) is 10.5 Å². The topological polar surface area (TPSA) is 92.5 Å². The quantitative estimate of drug-likeness (QED) is 0.671. The number of carbonyl (C=O) groups is 1. The Labute approximate surface area is 185 Å². The van der Waals surface area contributed by atoms with Gasteiger partial charge in [-0.2, -0.15) is 0 Å². The Bertz CT molecular complexity index is 873. The molecule has 31 heavy (non-hydrogen) atoms. The Morgan fingerprint density at radius 2 is 1.97 bits per heavy atom. The van der Waals surface area contributed by atoms with Crippen LogP contribution in [0.15, 0.2) is 42.0 Å². The van der Waals surface area contributed by atoms with E-state index in [-0.39, 0.29) is 17.5 Å². The zero-order valence-electron chi connectivity index (χ0n) is 18.9. The van der Waals surface area contributed by atoms with Gasteiger partial charge in [-0.15, -0.1) is 0 Å². The van der Waals surface area contributed by atoms with Crippen molar-refractivity contribution in [3.8, 4) is 0 Å². The second-order valence-electron chi connectivity index (χ2n) is 9.53. The smallest absolute Gasteiger partial charge is 0.255 e. The molecule has 0 bridgehead atoms. The molecule has 1 aromatic rings. The first-order valence-electron chi connectivity index (χ1n) is 11.4. The van der Waals surface area contributed by atoms with Gasteiger partial charge in [-0.3, -0.25) is 9.78 Å². The molecule has 7 heteroatoms. The van der Waals surface area contributed by atoms with Crippen molar-refractivity contribution in [1.29, 1.82) is 0 Å². The third-order valence-corrected chi connectivity index (χ3v) is 6.84. The molecule has 2 fully saturated rings. The number of nitrogens with one attached hydrogen (secondary N) is 2. The van der Waals surface area contributed by atoms with Gasteiger partial charge in [0.15, 0.2) is 5.72 Å². The minimum absolute atomic E-state index is 0.0373. The molecule has 0 spiro atoms. The zero-order valence-corrected chi connectivity index (χ0v) is 18.9. The molecule has 1 saturated heterocycles. The number of pyridine rings is 1. The summed E-state index contributed by atoms with van der Waals surface area (Å²) in [5.74, 6) is -0.0373. The molecule has 0 radical (unpaired) electrons. The Morgan fingerprint density at radius 3 is 2.58 bits per heavy atom. The lowest BCUT2D eigenvalue weighted by Gasteiger charge is -2.40. The molecule has 1 amide bonds. The third-order valence-electron chi connectivity index (χ3n) is 6.84. The second-order valence-corrected chi connectivity index (χ2v) is 9.53. The Hall–Kier alpha value is -2.38. The molecule has 7 nitrogen and oxygen atoms in total. The number of ether oxygens (including phenoxy) is 1. The number of hydrogen-bond donors (Lipinski definition) is 3. The molecule has 4 N–H and O–H groups in total. The summed E-state index contributed by atoms with van der Waals surface area (Å²) in [6.45, 7) is 5.55. The highest BCUT2D eigenvalue weighted by Gasteiger charge is 2.42. The van der Waals surface area contributed by atoms with E-state index in [1.807, 2.05) is 25.3 Å². The van der Waals surface area contributed by atoms with E-state index < -0.39 is 5.72 Å². The maximum Gasteiger partial charge on any atom is 0.255 e. The van der Waals surface area contributed by atoms with Gasteiger partial charge in [-0.1, -0.05) is 19.3 Å². The first-order chi connectivity index (χ1) is 14.8. The second kappa shape index (κ2) is 8.63. The van der Waals surface area contributed by atoms with Crippen LogP contribution < -0.4 is 16.4 Å². The lowest BCUT2D eigenvalue weighted by atomic mass is 9.88. The van der Waals surface area contributed by atoms with Crippen LogP contribution in [0.4, 0.5) is 0 Å². The minimum atomic E-state index is -0.779. The summed E-state index contributed by atoms with van der Waals surface area (Å²) < 4.78 is 5.94. The molecule has 1 unspecified atom stereocenters. The molecule has 4 rings (SSSR count). The van der Waals surface area contributed by atoms with Crippen molar-refractivity contribution in [2.75, 3.05) is 20.2 Å². The average Bonchev–Trinajstić information content (AvgIpc) is 3.14. The van der Waals surface area contributed by atoms with E-state index in [1.54, 1.807) is 19.5 Å². The Kier molecular flexibility index (Phi) is 6.08. The van der Waals surface area contributed by atoms with Crippen LogP contribution >= 0.6 is 0 Å². The molecule has 1 saturated carbocycles. The zero-order chi connectivity index (χ0) is 22.1. The number of amides is 1. The minimum Gasteiger partial charge on any atom is -0.369 e. The van der Waals surface area contributed by atoms with Crippen LogP contribution in [0.3, 0.4) is 0 Å². The van der Waals surface area contributed by atoms with Gasteiger partial charge in [0.2, 0.25) is 0 Å². The summed E-state index contributed by atoms with van der Waals surface area (Å²) in [6, 6.07) is 4.17. The Balaban J connectivity index is 1.78. The molecule has 3 aliphatic rings. The van der Waals surface area contributed by atoms with Crippen molar-refractivity contribution in [2.45, 2.75) is 69.7 Å². The van der Waals surface area contributed by atoms with E-state index in [1.165, 1.54) is 19.3 Å². The normalized spacial score (nSPS) is 29.5. The fourth-order valence-corrected chi connectivity index (χ4v) is 4.99. The Morgan fingerprint density at radius 1 is 1.26 bits per heavy atom. The highest BCUT2D eigenvalue weighted by Crippen LogP contribution is 2.40. The molecule has 3 heterocycles. The lowest BCUT2D eigenvalue weighted by Crippen LogP contribution is -2.50. The van der Waals surface area contributed by atoms with Gasteiger partial charge in [-0.25, -0.2) is 0 Å². The molecule has 1 aromatic heterocycles. The highest BCUT2D eigenvalue weighted by molar-refractivity contribution is 6.01. The van der Waals surface area contributed by atoms with Crippen LogP contribution in [-0.2, 0) is 9.53 Å². The number of rotatable bonds is 5. The number of hydrogen-bond acceptors (Lipinski definition) is 6. The fourth-order valence-electron chi connectivity index (χ4n) is 4.99. The summed E-state index contributed by atoms with van der Waals surface area (Å²) in [4.78, 5) is 19.9.